The molecule has 3 aromatic rings. The molecule has 8 nitrogen and oxygen atoms in total. The van der Waals surface area contributed by atoms with Crippen molar-refractivity contribution >= 4 is 11.6 Å². The number of nitrogens with one attached hydrogen (secondary N) is 3. The van der Waals surface area contributed by atoms with Gasteiger partial charge in [0.2, 0.25) is 5.95 Å². The lowest BCUT2D eigenvalue weighted by Crippen LogP contribution is -2.26. The van der Waals surface area contributed by atoms with Crippen molar-refractivity contribution in [2.24, 2.45) is 0 Å². The van der Waals surface area contributed by atoms with Crippen LogP contribution in [0.5, 0.6) is 0 Å². The van der Waals surface area contributed by atoms with Crippen LogP contribution in [0, 0.1) is 13.8 Å². The molecule has 2 heterocycles. The maximum absolute atomic E-state index is 12.8. The van der Waals surface area contributed by atoms with Crippen LogP contribution in [-0.2, 0) is 6.18 Å². The van der Waals surface area contributed by atoms with Gasteiger partial charge in [-0.25, -0.2) is 4.98 Å². The molecule has 2 aromatic heterocycles. The van der Waals surface area contributed by atoms with E-state index in [4.69, 9.17) is 0 Å². The van der Waals surface area contributed by atoms with Gasteiger partial charge in [-0.15, -0.1) is 0 Å². The van der Waals surface area contributed by atoms with Crippen LogP contribution in [0.3, 0.4) is 0 Å². The summed E-state index contributed by atoms with van der Waals surface area (Å²) < 4.78 is 39.3. The monoisotopic (exact) mass is 393 g/mol. The maximum Gasteiger partial charge on any atom is 0.416 e. The molecule has 0 saturated heterocycles. The fourth-order valence-corrected chi connectivity index (χ4v) is 2.60. The Kier molecular flexibility index (Phi) is 4.67. The molecule has 0 saturated carbocycles. The second-order valence-electron chi connectivity index (χ2n) is 6.00. The zero-order chi connectivity index (χ0) is 20.6. The summed E-state index contributed by atoms with van der Waals surface area (Å²) in [5.41, 5.74) is -2.16. The van der Waals surface area contributed by atoms with Crippen molar-refractivity contribution in [3.05, 3.63) is 73.6 Å². The summed E-state index contributed by atoms with van der Waals surface area (Å²) in [4.78, 5) is 43.0. The Hall–Kier alpha value is -3.63. The van der Waals surface area contributed by atoms with Crippen LogP contribution in [0.1, 0.15) is 27.3 Å². The zero-order valence-electron chi connectivity index (χ0n) is 14.6. The molecule has 0 unspecified atom stereocenters. The van der Waals surface area contributed by atoms with E-state index in [9.17, 15) is 27.6 Å². The van der Waals surface area contributed by atoms with E-state index in [1.54, 1.807) is 6.92 Å². The predicted octanol–water partition coefficient (Wildman–Crippen LogP) is 2.14. The zero-order valence-corrected chi connectivity index (χ0v) is 14.6. The minimum absolute atomic E-state index is 0.115. The molecule has 0 radical (unpaired) electrons. The number of hydrogen-bond donors (Lipinski definition) is 3. The molecular formula is C17H14F3N5O3. The van der Waals surface area contributed by atoms with Gasteiger partial charge in [-0.05, 0) is 32.0 Å². The Morgan fingerprint density at radius 2 is 1.89 bits per heavy atom. The van der Waals surface area contributed by atoms with Gasteiger partial charge in [0, 0.05) is 23.1 Å². The second kappa shape index (κ2) is 6.83. The molecule has 1 aromatic carbocycles. The number of benzene rings is 1. The minimum atomic E-state index is -4.57. The Morgan fingerprint density at radius 1 is 1.18 bits per heavy atom. The van der Waals surface area contributed by atoms with Gasteiger partial charge < -0.3 is 5.32 Å². The third-order valence-electron chi connectivity index (χ3n) is 3.82. The van der Waals surface area contributed by atoms with E-state index in [2.05, 4.69) is 20.4 Å². The molecule has 0 atom stereocenters. The summed E-state index contributed by atoms with van der Waals surface area (Å²) in [6.45, 7) is 2.99. The predicted molar refractivity (Wildman–Crippen MR) is 93.7 cm³/mol. The lowest BCUT2D eigenvalue weighted by Gasteiger charge is -2.09. The largest absolute Gasteiger partial charge is 0.416 e. The van der Waals surface area contributed by atoms with Crippen molar-refractivity contribution in [2.75, 3.05) is 5.32 Å². The summed E-state index contributed by atoms with van der Waals surface area (Å²) in [7, 11) is 0. The summed E-state index contributed by atoms with van der Waals surface area (Å²) in [6.07, 6.45) is -4.57. The van der Waals surface area contributed by atoms with Crippen molar-refractivity contribution in [1.82, 2.24) is 19.7 Å². The molecule has 0 aliphatic heterocycles. The number of nitrogens with zero attached hydrogens (tertiary/aromatic N) is 2. The highest BCUT2D eigenvalue weighted by molar-refractivity contribution is 6.04. The van der Waals surface area contributed by atoms with Gasteiger partial charge in [0.1, 0.15) is 5.56 Å². The average Bonchev–Trinajstić information content (AvgIpc) is 2.88. The van der Waals surface area contributed by atoms with Crippen molar-refractivity contribution in [3.63, 3.8) is 0 Å². The quantitative estimate of drug-likeness (QED) is 0.633. The molecule has 3 rings (SSSR count). The number of amides is 1. The van der Waals surface area contributed by atoms with E-state index >= 15 is 0 Å². The summed E-state index contributed by atoms with van der Waals surface area (Å²) in [5, 5.41) is 4.89. The first-order chi connectivity index (χ1) is 13.1. The lowest BCUT2D eigenvalue weighted by molar-refractivity contribution is -0.137. The van der Waals surface area contributed by atoms with Crippen LogP contribution in [0.2, 0.25) is 0 Å². The summed E-state index contributed by atoms with van der Waals surface area (Å²) >= 11 is 0. The number of aromatic amines is 2. The number of aromatic nitrogens is 4. The Balaban J connectivity index is 1.97. The van der Waals surface area contributed by atoms with Gasteiger partial charge in [0.25, 0.3) is 17.0 Å². The van der Waals surface area contributed by atoms with E-state index < -0.39 is 28.8 Å². The standard InChI is InChI=1S/C17H14F3N5O3/c1-8-6-12(26)23-16(21-8)25-15(28)13(9(2)24-25)14(27)22-11-5-3-4-10(7-11)17(18,19)20/h3-7,24H,1-2H3,(H,22,27)(H,21,23,26). The Morgan fingerprint density at radius 3 is 2.54 bits per heavy atom. The topological polar surface area (TPSA) is 113 Å². The molecular weight excluding hydrogens is 379 g/mol. The maximum atomic E-state index is 12.8. The summed E-state index contributed by atoms with van der Waals surface area (Å²) in [5.74, 6) is -1.01. The number of anilines is 1. The van der Waals surface area contributed by atoms with Crippen LogP contribution < -0.4 is 16.4 Å². The Bertz CT molecular complexity index is 1170. The van der Waals surface area contributed by atoms with Gasteiger partial charge in [0.05, 0.1) is 5.56 Å². The highest BCUT2D eigenvalue weighted by Gasteiger charge is 2.30. The van der Waals surface area contributed by atoms with E-state index in [0.29, 0.717) is 5.69 Å². The van der Waals surface area contributed by atoms with Crippen LogP contribution in [0.25, 0.3) is 5.95 Å². The van der Waals surface area contributed by atoms with Crippen molar-refractivity contribution in [2.45, 2.75) is 20.0 Å². The third-order valence-corrected chi connectivity index (χ3v) is 3.82. The fourth-order valence-electron chi connectivity index (χ4n) is 2.60. The molecule has 3 N–H and O–H groups in total. The van der Waals surface area contributed by atoms with Crippen LogP contribution in [0.4, 0.5) is 18.9 Å². The number of halogens is 3. The van der Waals surface area contributed by atoms with Crippen molar-refractivity contribution in [1.29, 1.82) is 0 Å². The Labute approximate surface area is 155 Å². The smallest absolute Gasteiger partial charge is 0.322 e. The number of carbonyl (C=O) groups excluding carboxylic acids is 1. The molecule has 1 amide bonds. The van der Waals surface area contributed by atoms with Gasteiger partial charge in [0.15, 0.2) is 0 Å². The van der Waals surface area contributed by atoms with E-state index in [0.717, 1.165) is 22.9 Å². The second-order valence-corrected chi connectivity index (χ2v) is 6.00. The molecule has 0 aliphatic carbocycles. The fraction of sp³-hybridized carbons (Fsp3) is 0.176. The van der Waals surface area contributed by atoms with Crippen LogP contribution in [0.15, 0.2) is 39.9 Å². The number of rotatable bonds is 3. The normalized spacial score (nSPS) is 11.5. The molecule has 0 fully saturated rings. The van der Waals surface area contributed by atoms with Crippen molar-refractivity contribution < 1.29 is 18.0 Å². The average molecular weight is 393 g/mol. The molecule has 0 aliphatic rings. The first kappa shape index (κ1) is 19.1. The van der Waals surface area contributed by atoms with Gasteiger partial charge >= 0.3 is 6.18 Å². The number of carbonyl (C=O) groups is 1. The first-order valence-corrected chi connectivity index (χ1v) is 7.95. The van der Waals surface area contributed by atoms with Crippen LogP contribution >= 0.6 is 0 Å². The van der Waals surface area contributed by atoms with Gasteiger partial charge in [-0.3, -0.25) is 24.5 Å². The number of aryl methyl sites for hydroxylation is 2. The molecule has 11 heteroatoms. The number of H-pyrrole nitrogens is 2. The molecule has 0 spiro atoms. The first-order valence-electron chi connectivity index (χ1n) is 7.95. The summed E-state index contributed by atoms with van der Waals surface area (Å²) in [6, 6.07) is 5.27. The number of alkyl halides is 3. The van der Waals surface area contributed by atoms with E-state index in [1.807, 2.05) is 0 Å². The van der Waals surface area contributed by atoms with Gasteiger partial charge in [-0.1, -0.05) is 6.07 Å². The minimum Gasteiger partial charge on any atom is -0.322 e. The van der Waals surface area contributed by atoms with Crippen molar-refractivity contribution in [3.8, 4) is 5.95 Å². The highest BCUT2D eigenvalue weighted by Crippen LogP contribution is 2.30. The number of hydrogen-bond acceptors (Lipinski definition) is 4. The molecule has 0 bridgehead atoms. The van der Waals surface area contributed by atoms with E-state index in [1.165, 1.54) is 19.1 Å². The van der Waals surface area contributed by atoms with E-state index in [-0.39, 0.29) is 22.9 Å². The van der Waals surface area contributed by atoms with Crippen LogP contribution in [-0.4, -0.2) is 25.7 Å². The highest BCUT2D eigenvalue weighted by atomic mass is 19.4. The third kappa shape index (κ3) is 3.72. The molecule has 28 heavy (non-hydrogen) atoms. The molecule has 146 valence electrons. The SMILES string of the molecule is Cc1cc(=O)[nH]c(-n2[nH]c(C)c(C(=O)Nc3cccc(C(F)(F)F)c3)c2=O)n1. The van der Waals surface area contributed by atoms with Gasteiger partial charge in [-0.2, -0.15) is 17.9 Å². The lowest BCUT2D eigenvalue weighted by atomic mass is 10.2.